The van der Waals surface area contributed by atoms with Crippen molar-refractivity contribution in [2.75, 3.05) is 11.4 Å². The van der Waals surface area contributed by atoms with Crippen LogP contribution in [0.25, 0.3) is 0 Å². The van der Waals surface area contributed by atoms with Gasteiger partial charge in [-0.05, 0) is 55.0 Å². The molecule has 130 valence electrons. The van der Waals surface area contributed by atoms with Crippen LogP contribution in [0.3, 0.4) is 0 Å². The van der Waals surface area contributed by atoms with E-state index in [4.69, 9.17) is 9.92 Å². The predicted octanol–water partition coefficient (Wildman–Crippen LogP) is 1.68. The summed E-state index contributed by atoms with van der Waals surface area (Å²) in [5.74, 6) is -0.456. The number of rotatable bonds is 5. The van der Waals surface area contributed by atoms with Gasteiger partial charge in [0.25, 0.3) is 0 Å². The van der Waals surface area contributed by atoms with Crippen LogP contribution < -0.4 is 14.8 Å². The van der Waals surface area contributed by atoms with Crippen molar-refractivity contribution in [3.63, 3.8) is 0 Å². The number of benzene rings is 2. The Balaban J connectivity index is 1.76. The van der Waals surface area contributed by atoms with Crippen molar-refractivity contribution in [1.82, 2.24) is 0 Å². The zero-order chi connectivity index (χ0) is 18.0. The van der Waals surface area contributed by atoms with Gasteiger partial charge in [-0.1, -0.05) is 0 Å². The second kappa shape index (κ2) is 6.56. The number of nitrogens with two attached hydrogens (primary N) is 1. The van der Waals surface area contributed by atoms with Crippen LogP contribution in [0.15, 0.2) is 53.4 Å². The first-order valence-corrected chi connectivity index (χ1v) is 9.02. The van der Waals surface area contributed by atoms with Gasteiger partial charge in [0.05, 0.1) is 0 Å². The third-order valence-electron chi connectivity index (χ3n) is 3.86. The average molecular weight is 360 g/mol. The van der Waals surface area contributed by atoms with Gasteiger partial charge in [0, 0.05) is 24.2 Å². The lowest BCUT2D eigenvalue weighted by Gasteiger charge is -2.16. The largest absolute Gasteiger partial charge is 0.379 e. The Morgan fingerprint density at radius 3 is 2.20 bits per heavy atom. The SMILES string of the molecule is NC(=O)c1ccc(S(=O)(=O)Oc2ccc(N3CCCC3=O)cc2)cc1. The summed E-state index contributed by atoms with van der Waals surface area (Å²) >= 11 is 0. The fourth-order valence-electron chi connectivity index (χ4n) is 2.56. The van der Waals surface area contributed by atoms with Crippen LogP contribution in [-0.4, -0.2) is 26.8 Å². The van der Waals surface area contributed by atoms with Gasteiger partial charge in [-0.25, -0.2) is 0 Å². The molecule has 8 heteroatoms. The molecule has 0 radical (unpaired) electrons. The zero-order valence-electron chi connectivity index (χ0n) is 13.2. The van der Waals surface area contributed by atoms with Gasteiger partial charge in [0.1, 0.15) is 10.6 Å². The molecule has 0 aromatic heterocycles. The monoisotopic (exact) mass is 360 g/mol. The number of amides is 2. The fraction of sp³-hybridized carbons (Fsp3) is 0.176. The second-order valence-electron chi connectivity index (χ2n) is 5.57. The van der Waals surface area contributed by atoms with Crippen molar-refractivity contribution in [1.29, 1.82) is 0 Å². The molecule has 0 bridgehead atoms. The zero-order valence-corrected chi connectivity index (χ0v) is 14.0. The van der Waals surface area contributed by atoms with Crippen molar-refractivity contribution in [2.45, 2.75) is 17.7 Å². The highest BCUT2D eigenvalue weighted by Crippen LogP contribution is 2.25. The molecule has 0 unspecified atom stereocenters. The summed E-state index contributed by atoms with van der Waals surface area (Å²) in [6, 6.07) is 11.4. The lowest BCUT2D eigenvalue weighted by Crippen LogP contribution is -2.23. The molecule has 0 spiro atoms. The summed E-state index contributed by atoms with van der Waals surface area (Å²) < 4.78 is 29.6. The molecule has 2 aromatic carbocycles. The summed E-state index contributed by atoms with van der Waals surface area (Å²) in [6.45, 7) is 0.656. The quantitative estimate of drug-likeness (QED) is 0.817. The molecule has 1 heterocycles. The Labute approximate surface area is 145 Å². The average Bonchev–Trinajstić information content (AvgIpc) is 3.01. The van der Waals surface area contributed by atoms with E-state index in [2.05, 4.69) is 0 Å². The third kappa shape index (κ3) is 3.63. The summed E-state index contributed by atoms with van der Waals surface area (Å²) in [4.78, 5) is 24.3. The van der Waals surface area contributed by atoms with E-state index in [0.29, 0.717) is 18.7 Å². The van der Waals surface area contributed by atoms with Gasteiger partial charge in [-0.15, -0.1) is 0 Å². The Morgan fingerprint density at radius 2 is 1.68 bits per heavy atom. The predicted molar refractivity (Wildman–Crippen MR) is 90.8 cm³/mol. The summed E-state index contributed by atoms with van der Waals surface area (Å²) in [6.07, 6.45) is 1.33. The number of hydrogen-bond acceptors (Lipinski definition) is 5. The van der Waals surface area contributed by atoms with Gasteiger partial charge in [0.2, 0.25) is 11.8 Å². The van der Waals surface area contributed by atoms with Crippen molar-refractivity contribution in [2.24, 2.45) is 5.73 Å². The van der Waals surface area contributed by atoms with E-state index in [-0.39, 0.29) is 22.1 Å². The van der Waals surface area contributed by atoms with Gasteiger partial charge < -0.3 is 14.8 Å². The first-order chi connectivity index (χ1) is 11.9. The number of primary amides is 1. The fourth-order valence-corrected chi connectivity index (χ4v) is 3.49. The molecule has 1 aliphatic heterocycles. The Morgan fingerprint density at radius 1 is 1.04 bits per heavy atom. The first kappa shape index (κ1) is 17.0. The number of carbonyl (C=O) groups excluding carboxylic acids is 2. The minimum Gasteiger partial charge on any atom is -0.379 e. The molecule has 0 atom stereocenters. The van der Waals surface area contributed by atoms with E-state index in [1.165, 1.54) is 36.4 Å². The highest BCUT2D eigenvalue weighted by Gasteiger charge is 2.22. The molecule has 1 saturated heterocycles. The van der Waals surface area contributed by atoms with Gasteiger partial charge in [-0.3, -0.25) is 9.59 Å². The molecular weight excluding hydrogens is 344 g/mol. The normalized spacial score (nSPS) is 14.6. The minimum atomic E-state index is -4.03. The van der Waals surface area contributed by atoms with Gasteiger partial charge in [-0.2, -0.15) is 8.42 Å². The minimum absolute atomic E-state index is 0.0517. The van der Waals surface area contributed by atoms with E-state index in [1.807, 2.05) is 0 Å². The van der Waals surface area contributed by atoms with Crippen molar-refractivity contribution in [3.8, 4) is 5.75 Å². The highest BCUT2D eigenvalue weighted by molar-refractivity contribution is 7.87. The number of nitrogens with zero attached hydrogens (tertiary/aromatic N) is 1. The topological polar surface area (TPSA) is 107 Å². The smallest absolute Gasteiger partial charge is 0.339 e. The number of carbonyl (C=O) groups is 2. The second-order valence-corrected chi connectivity index (χ2v) is 7.12. The van der Waals surface area contributed by atoms with Crippen molar-refractivity contribution < 1.29 is 22.2 Å². The standard InChI is InChI=1S/C17H16N2O5S/c18-17(21)12-3-9-15(10-4-12)25(22,23)24-14-7-5-13(6-8-14)19-11-1-2-16(19)20/h3-10H,1-2,11H2,(H2,18,21). The summed E-state index contributed by atoms with van der Waals surface area (Å²) in [5, 5.41) is 0. The van der Waals surface area contributed by atoms with Crippen LogP contribution >= 0.6 is 0 Å². The maximum absolute atomic E-state index is 12.3. The van der Waals surface area contributed by atoms with E-state index in [0.717, 1.165) is 6.42 Å². The van der Waals surface area contributed by atoms with E-state index in [1.54, 1.807) is 17.0 Å². The van der Waals surface area contributed by atoms with E-state index in [9.17, 15) is 18.0 Å². The molecule has 7 nitrogen and oxygen atoms in total. The summed E-state index contributed by atoms with van der Waals surface area (Å²) in [5.41, 5.74) is 6.04. The molecule has 0 aliphatic carbocycles. The number of anilines is 1. The van der Waals surface area contributed by atoms with Crippen LogP contribution in [0.1, 0.15) is 23.2 Å². The lowest BCUT2D eigenvalue weighted by molar-refractivity contribution is -0.117. The van der Waals surface area contributed by atoms with Crippen LogP contribution in [0.5, 0.6) is 5.75 Å². The highest BCUT2D eigenvalue weighted by atomic mass is 32.2. The van der Waals surface area contributed by atoms with Crippen LogP contribution in [0, 0.1) is 0 Å². The van der Waals surface area contributed by atoms with Crippen LogP contribution in [-0.2, 0) is 14.9 Å². The molecule has 1 fully saturated rings. The van der Waals surface area contributed by atoms with E-state index < -0.39 is 16.0 Å². The maximum Gasteiger partial charge on any atom is 0.339 e. The summed E-state index contributed by atoms with van der Waals surface area (Å²) in [7, 11) is -4.03. The maximum atomic E-state index is 12.3. The van der Waals surface area contributed by atoms with Crippen molar-refractivity contribution in [3.05, 3.63) is 54.1 Å². The molecule has 2 aromatic rings. The Hall–Kier alpha value is -2.87. The molecule has 2 amide bonds. The number of hydrogen-bond donors (Lipinski definition) is 1. The first-order valence-electron chi connectivity index (χ1n) is 7.61. The van der Waals surface area contributed by atoms with Gasteiger partial charge in [0.15, 0.2) is 0 Å². The Bertz CT molecular complexity index is 905. The van der Waals surface area contributed by atoms with E-state index >= 15 is 0 Å². The van der Waals surface area contributed by atoms with Gasteiger partial charge >= 0.3 is 10.1 Å². The van der Waals surface area contributed by atoms with Crippen LogP contribution in [0.2, 0.25) is 0 Å². The van der Waals surface area contributed by atoms with Crippen LogP contribution in [0.4, 0.5) is 5.69 Å². The molecule has 0 saturated carbocycles. The lowest BCUT2D eigenvalue weighted by atomic mass is 10.2. The molecule has 2 N–H and O–H groups in total. The molecule has 1 aliphatic rings. The molecule has 25 heavy (non-hydrogen) atoms. The van der Waals surface area contributed by atoms with Crippen molar-refractivity contribution >= 4 is 27.6 Å². The molecular formula is C17H16N2O5S. The third-order valence-corrected chi connectivity index (χ3v) is 5.12. The molecule has 3 rings (SSSR count). The Kier molecular flexibility index (Phi) is 4.45.